The zero-order valence-corrected chi connectivity index (χ0v) is 13.6. The van der Waals surface area contributed by atoms with Crippen LogP contribution < -0.4 is 5.32 Å². The van der Waals surface area contributed by atoms with Crippen LogP contribution in [0.25, 0.3) is 0 Å². The van der Waals surface area contributed by atoms with Gasteiger partial charge in [0.2, 0.25) is 0 Å². The average Bonchev–Trinajstić information content (AvgIpc) is 2.97. The van der Waals surface area contributed by atoms with Crippen molar-refractivity contribution in [1.82, 2.24) is 5.32 Å². The molecule has 1 N–H and O–H groups in total. The van der Waals surface area contributed by atoms with E-state index in [2.05, 4.69) is 46.7 Å². The van der Waals surface area contributed by atoms with Gasteiger partial charge in [-0.2, -0.15) is 0 Å². The van der Waals surface area contributed by atoms with E-state index in [4.69, 9.17) is 4.74 Å². The van der Waals surface area contributed by atoms with Gasteiger partial charge >= 0.3 is 0 Å². The van der Waals surface area contributed by atoms with Gasteiger partial charge in [0, 0.05) is 28.4 Å². The molecule has 0 aliphatic heterocycles. The van der Waals surface area contributed by atoms with Gasteiger partial charge in [-0.1, -0.05) is 12.8 Å². The van der Waals surface area contributed by atoms with Gasteiger partial charge in [0.15, 0.2) is 0 Å². The third kappa shape index (κ3) is 2.98. The molecule has 1 aliphatic rings. The van der Waals surface area contributed by atoms with Crippen LogP contribution in [0, 0.1) is 0 Å². The van der Waals surface area contributed by atoms with E-state index >= 15 is 0 Å². The van der Waals surface area contributed by atoms with Gasteiger partial charge in [-0.15, -0.1) is 11.3 Å². The van der Waals surface area contributed by atoms with E-state index in [1.807, 2.05) is 11.3 Å². The molecule has 0 aromatic carbocycles. The molecule has 2 rings (SSSR count). The maximum Gasteiger partial charge on any atom is 0.0838 e. The Labute approximate surface area is 122 Å². The van der Waals surface area contributed by atoms with Crippen LogP contribution in [0.4, 0.5) is 0 Å². The van der Waals surface area contributed by atoms with E-state index < -0.39 is 0 Å². The predicted octanol–water partition coefficient (Wildman–Crippen LogP) is 3.99. The monoisotopic (exact) mass is 331 g/mol. The largest absolute Gasteiger partial charge is 0.374 e. The van der Waals surface area contributed by atoms with Gasteiger partial charge in [-0.3, -0.25) is 0 Å². The van der Waals surface area contributed by atoms with Crippen molar-refractivity contribution in [3.05, 3.63) is 20.8 Å². The Morgan fingerprint density at radius 1 is 1.50 bits per heavy atom. The number of thiophene rings is 1. The van der Waals surface area contributed by atoms with Crippen molar-refractivity contribution in [3.63, 3.8) is 0 Å². The Balaban J connectivity index is 2.13. The van der Waals surface area contributed by atoms with Gasteiger partial charge in [0.25, 0.3) is 0 Å². The lowest BCUT2D eigenvalue weighted by Gasteiger charge is -2.37. The van der Waals surface area contributed by atoms with Crippen LogP contribution >= 0.6 is 27.3 Å². The Hall–Kier alpha value is 0.1000. The summed E-state index contributed by atoms with van der Waals surface area (Å²) in [5.41, 5.74) is 0.0485. The van der Waals surface area contributed by atoms with Gasteiger partial charge in [0.1, 0.15) is 0 Å². The number of rotatable bonds is 6. The van der Waals surface area contributed by atoms with Crippen molar-refractivity contribution in [1.29, 1.82) is 0 Å². The van der Waals surface area contributed by atoms with Crippen LogP contribution in [0.5, 0.6) is 0 Å². The Morgan fingerprint density at radius 3 is 2.72 bits per heavy atom. The zero-order valence-electron chi connectivity index (χ0n) is 11.2. The van der Waals surface area contributed by atoms with E-state index in [0.29, 0.717) is 6.04 Å². The van der Waals surface area contributed by atoms with Crippen molar-refractivity contribution in [2.24, 2.45) is 0 Å². The molecule has 1 aliphatic carbocycles. The van der Waals surface area contributed by atoms with Crippen LogP contribution in [0.15, 0.2) is 15.9 Å². The molecule has 1 saturated carbocycles. The molecule has 0 bridgehead atoms. The standard InChI is InChI=1S/C14H22BrNOS/c1-3-17-14(7-4-5-8-14)13(16-2)10-12-11(15)6-9-18-12/h6,9,13,16H,3-5,7-8,10H2,1-2H3. The van der Waals surface area contributed by atoms with E-state index in [0.717, 1.165) is 13.0 Å². The molecule has 1 aromatic rings. The summed E-state index contributed by atoms with van der Waals surface area (Å²) in [7, 11) is 2.06. The Bertz CT molecular complexity index is 374. The lowest BCUT2D eigenvalue weighted by Crippen LogP contribution is -2.51. The number of halogens is 1. The highest BCUT2D eigenvalue weighted by molar-refractivity contribution is 9.10. The third-order valence-electron chi connectivity index (χ3n) is 3.95. The van der Waals surface area contributed by atoms with Crippen molar-refractivity contribution in [3.8, 4) is 0 Å². The van der Waals surface area contributed by atoms with Gasteiger partial charge < -0.3 is 10.1 Å². The molecule has 0 spiro atoms. The van der Waals surface area contributed by atoms with E-state index in [1.54, 1.807) is 0 Å². The highest BCUT2D eigenvalue weighted by Gasteiger charge is 2.41. The Kier molecular flexibility index (Phi) is 5.24. The van der Waals surface area contributed by atoms with Gasteiger partial charge in [-0.25, -0.2) is 0 Å². The highest BCUT2D eigenvalue weighted by Crippen LogP contribution is 2.38. The number of hydrogen-bond donors (Lipinski definition) is 1. The smallest absolute Gasteiger partial charge is 0.0838 e. The molecule has 1 unspecified atom stereocenters. The molecular formula is C14H22BrNOS. The average molecular weight is 332 g/mol. The van der Waals surface area contributed by atoms with Crippen LogP contribution in [-0.2, 0) is 11.2 Å². The molecule has 1 heterocycles. The Morgan fingerprint density at radius 2 is 2.22 bits per heavy atom. The lowest BCUT2D eigenvalue weighted by atomic mass is 9.89. The maximum atomic E-state index is 6.16. The minimum Gasteiger partial charge on any atom is -0.374 e. The van der Waals surface area contributed by atoms with Crippen LogP contribution in [0.1, 0.15) is 37.5 Å². The fourth-order valence-electron chi connectivity index (χ4n) is 3.06. The number of hydrogen-bond acceptors (Lipinski definition) is 3. The van der Waals surface area contributed by atoms with Gasteiger partial charge in [-0.05, 0) is 54.2 Å². The molecule has 1 aromatic heterocycles. The second-order valence-electron chi connectivity index (χ2n) is 4.94. The summed E-state index contributed by atoms with van der Waals surface area (Å²) in [5.74, 6) is 0. The normalized spacial score (nSPS) is 20.2. The van der Waals surface area contributed by atoms with E-state index in [-0.39, 0.29) is 5.60 Å². The summed E-state index contributed by atoms with van der Waals surface area (Å²) in [4.78, 5) is 1.42. The summed E-state index contributed by atoms with van der Waals surface area (Å²) in [6.45, 7) is 2.91. The predicted molar refractivity (Wildman–Crippen MR) is 81.4 cm³/mol. The first-order valence-corrected chi connectivity index (χ1v) is 8.42. The van der Waals surface area contributed by atoms with Crippen molar-refractivity contribution in [2.45, 2.75) is 50.7 Å². The molecule has 0 radical (unpaired) electrons. The molecule has 1 atom stereocenters. The molecule has 0 saturated heterocycles. The number of likely N-dealkylation sites (N-methyl/N-ethyl adjacent to an activating group) is 1. The first kappa shape index (κ1) is 14.5. The first-order valence-electron chi connectivity index (χ1n) is 6.75. The SMILES string of the molecule is CCOC1(C(Cc2sccc2Br)NC)CCCC1. The molecule has 0 amide bonds. The maximum absolute atomic E-state index is 6.16. The fraction of sp³-hybridized carbons (Fsp3) is 0.714. The number of nitrogens with one attached hydrogen (secondary N) is 1. The summed E-state index contributed by atoms with van der Waals surface area (Å²) in [5, 5.41) is 5.64. The minimum atomic E-state index is 0.0485. The van der Waals surface area contributed by atoms with Crippen LogP contribution in [0.2, 0.25) is 0 Å². The molecule has 2 nitrogen and oxygen atoms in total. The van der Waals surface area contributed by atoms with Crippen molar-refractivity contribution >= 4 is 27.3 Å². The van der Waals surface area contributed by atoms with E-state index in [1.165, 1.54) is 35.0 Å². The van der Waals surface area contributed by atoms with E-state index in [9.17, 15) is 0 Å². The highest BCUT2D eigenvalue weighted by atomic mass is 79.9. The molecule has 102 valence electrons. The fourth-order valence-corrected chi connectivity index (χ4v) is 4.62. The first-order chi connectivity index (χ1) is 8.72. The molecule has 18 heavy (non-hydrogen) atoms. The summed E-state index contributed by atoms with van der Waals surface area (Å²) < 4.78 is 7.39. The van der Waals surface area contributed by atoms with Crippen molar-refractivity contribution < 1.29 is 4.74 Å². The minimum absolute atomic E-state index is 0.0485. The zero-order chi connectivity index (χ0) is 13.0. The molecular weight excluding hydrogens is 310 g/mol. The quantitative estimate of drug-likeness (QED) is 0.850. The summed E-state index contributed by atoms with van der Waals surface area (Å²) in [6.07, 6.45) is 6.02. The number of ether oxygens (including phenoxy) is 1. The van der Waals surface area contributed by atoms with Gasteiger partial charge in [0.05, 0.1) is 5.60 Å². The van der Waals surface area contributed by atoms with Crippen LogP contribution in [-0.4, -0.2) is 25.3 Å². The third-order valence-corrected chi connectivity index (χ3v) is 5.89. The van der Waals surface area contributed by atoms with Crippen LogP contribution in [0.3, 0.4) is 0 Å². The summed E-state index contributed by atoms with van der Waals surface area (Å²) >= 11 is 5.46. The van der Waals surface area contributed by atoms with Crippen molar-refractivity contribution in [2.75, 3.05) is 13.7 Å². The topological polar surface area (TPSA) is 21.3 Å². The second-order valence-corrected chi connectivity index (χ2v) is 6.80. The summed E-state index contributed by atoms with van der Waals surface area (Å²) in [6, 6.07) is 2.55. The molecule has 1 fully saturated rings. The lowest BCUT2D eigenvalue weighted by molar-refractivity contribution is -0.0595. The second kappa shape index (κ2) is 6.51. The molecule has 4 heteroatoms.